The lowest BCUT2D eigenvalue weighted by Gasteiger charge is -2.22. The molecule has 4 rings (SSSR count). The van der Waals surface area contributed by atoms with Gasteiger partial charge in [0.05, 0.1) is 6.42 Å². The highest BCUT2D eigenvalue weighted by Crippen LogP contribution is 2.44. The molecule has 1 fully saturated rings. The number of amides is 2. The maximum Gasteiger partial charge on any atom is 0.407 e. The van der Waals surface area contributed by atoms with Crippen molar-refractivity contribution in [2.24, 2.45) is 5.92 Å². The number of carbonyl (C=O) groups is 3. The molecule has 2 aromatic carbocycles. The number of fused-ring (bicyclic) bond motifs is 3. The number of carbonyl (C=O) groups excluding carboxylic acids is 2. The SMILES string of the molecule is C[C@H](NC(=O)OCC1c2ccccc2-c2ccccc21)C(=O)NC1CCCC1CC(=O)O. The molecule has 3 atom stereocenters. The Kier molecular flexibility index (Phi) is 6.44. The standard InChI is InChI=1S/C25H28N2O5/c1-15(24(30)27-22-12-6-7-16(22)13-23(28)29)26-25(31)32-14-21-19-10-4-2-8-17(19)18-9-3-5-11-20(18)21/h2-5,8-11,15-16,21-22H,6-7,12-14H2,1H3,(H,26,31)(H,27,30)(H,28,29)/t15-,16?,22?/m0/s1. The average molecular weight is 437 g/mol. The minimum atomic E-state index is -0.860. The first-order chi connectivity index (χ1) is 15.4. The number of carboxylic acid groups (broad SMARTS) is 1. The van der Waals surface area contributed by atoms with Gasteiger partial charge in [-0.1, -0.05) is 55.0 Å². The van der Waals surface area contributed by atoms with Gasteiger partial charge in [-0.05, 0) is 47.9 Å². The molecule has 0 saturated heterocycles. The van der Waals surface area contributed by atoms with E-state index in [9.17, 15) is 14.4 Å². The lowest BCUT2D eigenvalue weighted by Crippen LogP contribution is -2.49. The molecule has 2 aromatic rings. The summed E-state index contributed by atoms with van der Waals surface area (Å²) in [5, 5.41) is 14.5. The number of hydrogen-bond acceptors (Lipinski definition) is 4. The summed E-state index contributed by atoms with van der Waals surface area (Å²) in [4.78, 5) is 35.9. The first-order valence-corrected chi connectivity index (χ1v) is 11.1. The van der Waals surface area contributed by atoms with Crippen LogP contribution in [0.25, 0.3) is 11.1 Å². The predicted octanol–water partition coefficient (Wildman–Crippen LogP) is 3.67. The van der Waals surface area contributed by atoms with Crippen molar-refractivity contribution >= 4 is 18.0 Å². The lowest BCUT2D eigenvalue weighted by atomic mass is 9.98. The van der Waals surface area contributed by atoms with Crippen LogP contribution in [0, 0.1) is 5.92 Å². The fourth-order valence-electron chi connectivity index (χ4n) is 4.89. The molecule has 168 valence electrons. The van der Waals surface area contributed by atoms with Crippen LogP contribution in [-0.2, 0) is 14.3 Å². The summed E-state index contributed by atoms with van der Waals surface area (Å²) in [6.07, 6.45) is 1.81. The molecule has 0 radical (unpaired) electrons. The van der Waals surface area contributed by atoms with E-state index in [1.165, 1.54) is 0 Å². The maximum absolute atomic E-state index is 12.5. The molecule has 2 unspecified atom stereocenters. The zero-order valence-corrected chi connectivity index (χ0v) is 18.0. The van der Waals surface area contributed by atoms with Crippen LogP contribution in [0.5, 0.6) is 0 Å². The summed E-state index contributed by atoms with van der Waals surface area (Å²) < 4.78 is 5.50. The molecule has 2 amide bonds. The van der Waals surface area contributed by atoms with Crippen LogP contribution in [0.4, 0.5) is 4.79 Å². The predicted molar refractivity (Wildman–Crippen MR) is 119 cm³/mol. The second-order valence-corrected chi connectivity index (χ2v) is 8.60. The van der Waals surface area contributed by atoms with E-state index in [4.69, 9.17) is 9.84 Å². The zero-order valence-electron chi connectivity index (χ0n) is 18.0. The molecule has 7 heteroatoms. The molecule has 2 aliphatic carbocycles. The van der Waals surface area contributed by atoms with Gasteiger partial charge in [0, 0.05) is 12.0 Å². The topological polar surface area (TPSA) is 105 Å². The molecule has 0 aliphatic heterocycles. The second-order valence-electron chi connectivity index (χ2n) is 8.60. The van der Waals surface area contributed by atoms with Crippen LogP contribution in [-0.4, -0.2) is 41.8 Å². The van der Waals surface area contributed by atoms with E-state index in [-0.39, 0.29) is 36.8 Å². The number of benzene rings is 2. The van der Waals surface area contributed by atoms with Gasteiger partial charge >= 0.3 is 12.1 Å². The van der Waals surface area contributed by atoms with Crippen molar-refractivity contribution in [3.8, 4) is 11.1 Å². The van der Waals surface area contributed by atoms with Crippen LogP contribution in [0.15, 0.2) is 48.5 Å². The van der Waals surface area contributed by atoms with Gasteiger partial charge in [-0.2, -0.15) is 0 Å². The van der Waals surface area contributed by atoms with Gasteiger partial charge in [-0.3, -0.25) is 9.59 Å². The fraction of sp³-hybridized carbons (Fsp3) is 0.400. The molecule has 0 bridgehead atoms. The summed E-state index contributed by atoms with van der Waals surface area (Å²) in [5.74, 6) is -1.31. The summed E-state index contributed by atoms with van der Waals surface area (Å²) in [6, 6.07) is 15.2. The molecule has 32 heavy (non-hydrogen) atoms. The highest BCUT2D eigenvalue weighted by atomic mass is 16.5. The van der Waals surface area contributed by atoms with Crippen molar-refractivity contribution < 1.29 is 24.2 Å². The van der Waals surface area contributed by atoms with Crippen molar-refractivity contribution in [3.05, 3.63) is 59.7 Å². The van der Waals surface area contributed by atoms with Gasteiger partial charge in [-0.25, -0.2) is 4.79 Å². The Balaban J connectivity index is 1.31. The van der Waals surface area contributed by atoms with Crippen molar-refractivity contribution in [3.63, 3.8) is 0 Å². The molecular formula is C25H28N2O5. The minimum Gasteiger partial charge on any atom is -0.481 e. The van der Waals surface area contributed by atoms with E-state index in [0.717, 1.165) is 41.5 Å². The van der Waals surface area contributed by atoms with Gasteiger partial charge in [-0.15, -0.1) is 0 Å². The number of nitrogens with one attached hydrogen (secondary N) is 2. The number of alkyl carbamates (subject to hydrolysis) is 1. The van der Waals surface area contributed by atoms with Gasteiger partial charge in [0.25, 0.3) is 0 Å². The second kappa shape index (κ2) is 9.42. The molecule has 2 aliphatic rings. The van der Waals surface area contributed by atoms with Crippen LogP contribution in [0.3, 0.4) is 0 Å². The molecule has 0 heterocycles. The van der Waals surface area contributed by atoms with Gasteiger partial charge in [0.1, 0.15) is 12.6 Å². The van der Waals surface area contributed by atoms with E-state index in [1.807, 2.05) is 36.4 Å². The van der Waals surface area contributed by atoms with E-state index >= 15 is 0 Å². The minimum absolute atomic E-state index is 0.0408. The maximum atomic E-state index is 12.5. The monoisotopic (exact) mass is 436 g/mol. The number of carboxylic acids is 1. The first kappa shape index (κ1) is 21.9. The summed E-state index contributed by atoms with van der Waals surface area (Å²) in [7, 11) is 0. The average Bonchev–Trinajstić information content (AvgIpc) is 3.33. The molecule has 1 saturated carbocycles. The summed E-state index contributed by atoms with van der Waals surface area (Å²) in [6.45, 7) is 1.77. The number of rotatable bonds is 7. The summed E-state index contributed by atoms with van der Waals surface area (Å²) >= 11 is 0. The largest absolute Gasteiger partial charge is 0.481 e. The molecule has 0 aromatic heterocycles. The van der Waals surface area contributed by atoms with E-state index < -0.39 is 18.1 Å². The van der Waals surface area contributed by atoms with Gasteiger partial charge < -0.3 is 20.5 Å². The fourth-order valence-corrected chi connectivity index (χ4v) is 4.89. The Labute approximate surface area is 187 Å². The van der Waals surface area contributed by atoms with Gasteiger partial charge in [0.2, 0.25) is 5.91 Å². The highest BCUT2D eigenvalue weighted by Gasteiger charge is 2.32. The van der Waals surface area contributed by atoms with Crippen LogP contribution in [0.2, 0.25) is 0 Å². The Morgan fingerprint density at radius 1 is 1.03 bits per heavy atom. The Hall–Kier alpha value is -3.35. The van der Waals surface area contributed by atoms with Crippen LogP contribution in [0.1, 0.15) is 49.7 Å². The highest BCUT2D eigenvalue weighted by molar-refractivity contribution is 5.85. The Morgan fingerprint density at radius 3 is 2.28 bits per heavy atom. The third kappa shape index (κ3) is 4.61. The lowest BCUT2D eigenvalue weighted by molar-refractivity contribution is -0.138. The van der Waals surface area contributed by atoms with Crippen LogP contribution >= 0.6 is 0 Å². The molecular weight excluding hydrogens is 408 g/mol. The number of aliphatic carboxylic acids is 1. The van der Waals surface area contributed by atoms with Crippen molar-refractivity contribution in [1.82, 2.24) is 10.6 Å². The third-order valence-electron chi connectivity index (χ3n) is 6.49. The van der Waals surface area contributed by atoms with Gasteiger partial charge in [0.15, 0.2) is 0 Å². The molecule has 0 spiro atoms. The number of hydrogen-bond donors (Lipinski definition) is 3. The first-order valence-electron chi connectivity index (χ1n) is 11.1. The van der Waals surface area contributed by atoms with E-state index in [2.05, 4.69) is 22.8 Å². The molecule has 7 nitrogen and oxygen atoms in total. The van der Waals surface area contributed by atoms with E-state index in [1.54, 1.807) is 6.92 Å². The number of ether oxygens (including phenoxy) is 1. The Bertz CT molecular complexity index is 975. The zero-order chi connectivity index (χ0) is 22.7. The normalized spacial score (nSPS) is 20.2. The molecule has 3 N–H and O–H groups in total. The Morgan fingerprint density at radius 2 is 1.66 bits per heavy atom. The summed E-state index contributed by atoms with van der Waals surface area (Å²) in [5.41, 5.74) is 4.55. The van der Waals surface area contributed by atoms with Crippen molar-refractivity contribution in [2.45, 2.75) is 50.6 Å². The van der Waals surface area contributed by atoms with Crippen molar-refractivity contribution in [2.75, 3.05) is 6.61 Å². The quantitative estimate of drug-likeness (QED) is 0.614. The van der Waals surface area contributed by atoms with Crippen molar-refractivity contribution in [1.29, 1.82) is 0 Å². The van der Waals surface area contributed by atoms with Crippen LogP contribution < -0.4 is 10.6 Å². The van der Waals surface area contributed by atoms with E-state index in [0.29, 0.717) is 0 Å². The third-order valence-corrected chi connectivity index (χ3v) is 6.49. The smallest absolute Gasteiger partial charge is 0.407 e.